The molecule has 6 nitrogen and oxygen atoms in total. The van der Waals surface area contributed by atoms with Gasteiger partial charge in [-0.2, -0.15) is 8.42 Å². The summed E-state index contributed by atoms with van der Waals surface area (Å²) in [4.78, 5) is 14.6. The van der Waals surface area contributed by atoms with Crippen LogP contribution in [0.5, 0.6) is 5.75 Å². The van der Waals surface area contributed by atoms with Crippen LogP contribution in [0.15, 0.2) is 48.5 Å². The number of hydrogen-bond donors (Lipinski definition) is 1. The second-order valence-corrected chi connectivity index (χ2v) is 9.19. The van der Waals surface area contributed by atoms with Crippen LogP contribution in [0.2, 0.25) is 0 Å². The van der Waals surface area contributed by atoms with Crippen LogP contribution in [-0.4, -0.2) is 31.6 Å². The first kappa shape index (κ1) is 22.7. The van der Waals surface area contributed by atoms with Crippen LogP contribution in [0, 0.1) is 5.92 Å². The molecule has 0 heterocycles. The number of carbonyl (C=O) groups is 1. The highest BCUT2D eigenvalue weighted by Crippen LogP contribution is 2.19. The molecule has 0 atom stereocenters. The highest BCUT2D eigenvalue weighted by molar-refractivity contribution is 7.87. The molecule has 1 N–H and O–H groups in total. The predicted octanol–water partition coefficient (Wildman–Crippen LogP) is 4.67. The Morgan fingerprint density at radius 2 is 1.76 bits per heavy atom. The number of urea groups is 1. The van der Waals surface area contributed by atoms with E-state index in [1.54, 1.807) is 23.1 Å². The van der Waals surface area contributed by atoms with Crippen molar-refractivity contribution in [2.75, 3.05) is 17.6 Å². The van der Waals surface area contributed by atoms with E-state index in [-0.39, 0.29) is 23.5 Å². The molecule has 0 fully saturated rings. The smallest absolute Gasteiger partial charge is 0.322 e. The standard InChI is InChI=1S/C22H30N2O4S/c1-5-18-9-7-11-20(13-18)23-22(25)24(15-17(3)4)16-19-10-8-12-21(14-19)28-29(26,27)6-2/h7-14,17H,5-6,15-16H2,1-4H3,(H,23,25). The quantitative estimate of drug-likeness (QED) is 0.601. The van der Waals surface area contributed by atoms with Gasteiger partial charge in [0.25, 0.3) is 0 Å². The lowest BCUT2D eigenvalue weighted by Gasteiger charge is -2.25. The zero-order chi connectivity index (χ0) is 21.4. The normalized spacial score (nSPS) is 11.3. The van der Waals surface area contributed by atoms with Gasteiger partial charge in [-0.05, 0) is 54.7 Å². The van der Waals surface area contributed by atoms with Gasteiger partial charge in [0.1, 0.15) is 5.75 Å². The number of nitrogens with one attached hydrogen (secondary N) is 1. The van der Waals surface area contributed by atoms with Gasteiger partial charge in [-0.3, -0.25) is 0 Å². The Hall–Kier alpha value is -2.54. The van der Waals surface area contributed by atoms with E-state index >= 15 is 0 Å². The summed E-state index contributed by atoms with van der Waals surface area (Å²) >= 11 is 0. The van der Waals surface area contributed by atoms with Crippen molar-refractivity contribution in [1.29, 1.82) is 0 Å². The van der Waals surface area contributed by atoms with Crippen molar-refractivity contribution in [3.05, 3.63) is 59.7 Å². The molecule has 0 saturated heterocycles. The van der Waals surface area contributed by atoms with Gasteiger partial charge in [0.2, 0.25) is 0 Å². The zero-order valence-electron chi connectivity index (χ0n) is 17.5. The lowest BCUT2D eigenvalue weighted by atomic mass is 10.1. The minimum absolute atomic E-state index is 0.101. The molecule has 0 aromatic heterocycles. The van der Waals surface area contributed by atoms with Crippen molar-refractivity contribution >= 4 is 21.8 Å². The first-order chi connectivity index (χ1) is 13.7. The van der Waals surface area contributed by atoms with Crippen molar-refractivity contribution < 1.29 is 17.4 Å². The van der Waals surface area contributed by atoms with Crippen LogP contribution in [0.3, 0.4) is 0 Å². The maximum atomic E-state index is 12.9. The monoisotopic (exact) mass is 418 g/mol. The van der Waals surface area contributed by atoms with Crippen molar-refractivity contribution in [2.24, 2.45) is 5.92 Å². The number of amides is 2. The molecular formula is C22H30N2O4S. The Kier molecular flexibility index (Phi) is 8.08. The maximum Gasteiger partial charge on any atom is 0.322 e. The second-order valence-electron chi connectivity index (χ2n) is 7.34. The molecule has 0 saturated carbocycles. The van der Waals surface area contributed by atoms with E-state index in [0.717, 1.165) is 23.2 Å². The van der Waals surface area contributed by atoms with E-state index in [1.807, 2.05) is 44.2 Å². The van der Waals surface area contributed by atoms with E-state index in [2.05, 4.69) is 12.2 Å². The Labute approximate surface area is 174 Å². The molecule has 29 heavy (non-hydrogen) atoms. The van der Waals surface area contributed by atoms with E-state index in [0.29, 0.717) is 13.1 Å². The van der Waals surface area contributed by atoms with Crippen LogP contribution in [0.1, 0.15) is 38.8 Å². The summed E-state index contributed by atoms with van der Waals surface area (Å²) in [6.07, 6.45) is 0.896. The minimum Gasteiger partial charge on any atom is -0.382 e. The third-order valence-corrected chi connectivity index (χ3v) is 5.46. The predicted molar refractivity (Wildman–Crippen MR) is 117 cm³/mol. The highest BCUT2D eigenvalue weighted by Gasteiger charge is 2.17. The maximum absolute atomic E-state index is 12.9. The third kappa shape index (κ3) is 7.42. The summed E-state index contributed by atoms with van der Waals surface area (Å²) in [5, 5.41) is 2.96. The van der Waals surface area contributed by atoms with Gasteiger partial charge < -0.3 is 14.4 Å². The lowest BCUT2D eigenvalue weighted by molar-refractivity contribution is 0.201. The zero-order valence-corrected chi connectivity index (χ0v) is 18.3. The summed E-state index contributed by atoms with van der Waals surface area (Å²) < 4.78 is 28.5. The summed E-state index contributed by atoms with van der Waals surface area (Å²) in [7, 11) is -3.59. The number of aryl methyl sites for hydroxylation is 1. The SMILES string of the molecule is CCc1cccc(NC(=O)N(Cc2cccc(OS(=O)(=O)CC)c2)CC(C)C)c1. The fraction of sp³-hybridized carbons (Fsp3) is 0.409. The van der Waals surface area contributed by atoms with Gasteiger partial charge in [-0.25, -0.2) is 4.79 Å². The molecule has 2 amide bonds. The van der Waals surface area contributed by atoms with E-state index < -0.39 is 10.1 Å². The summed E-state index contributed by atoms with van der Waals surface area (Å²) in [6, 6.07) is 14.4. The van der Waals surface area contributed by atoms with Crippen LogP contribution in [0.4, 0.5) is 10.5 Å². The average Bonchev–Trinajstić information content (AvgIpc) is 2.67. The van der Waals surface area contributed by atoms with Gasteiger partial charge in [0.05, 0.1) is 5.75 Å². The van der Waals surface area contributed by atoms with E-state index in [9.17, 15) is 13.2 Å². The number of benzene rings is 2. The fourth-order valence-corrected chi connectivity index (χ4v) is 3.37. The summed E-state index contributed by atoms with van der Waals surface area (Å²) in [5.74, 6) is 0.433. The minimum atomic E-state index is -3.59. The van der Waals surface area contributed by atoms with Gasteiger partial charge in [0, 0.05) is 18.8 Å². The molecule has 0 aliphatic carbocycles. The van der Waals surface area contributed by atoms with Crippen molar-refractivity contribution in [3.63, 3.8) is 0 Å². The van der Waals surface area contributed by atoms with Crippen molar-refractivity contribution in [2.45, 2.75) is 40.7 Å². The Balaban J connectivity index is 2.16. The molecule has 0 unspecified atom stereocenters. The van der Waals surface area contributed by atoms with Gasteiger partial charge >= 0.3 is 16.1 Å². The number of anilines is 1. The number of hydrogen-bond acceptors (Lipinski definition) is 4. The molecule has 7 heteroatoms. The first-order valence-corrected chi connectivity index (χ1v) is 11.5. The highest BCUT2D eigenvalue weighted by atomic mass is 32.2. The number of rotatable bonds is 9. The molecule has 0 aliphatic heterocycles. The molecule has 0 radical (unpaired) electrons. The Bertz CT molecular complexity index is 926. The first-order valence-electron chi connectivity index (χ1n) is 9.88. The van der Waals surface area contributed by atoms with Gasteiger partial charge in [0.15, 0.2) is 0 Å². The molecule has 2 aromatic rings. The topological polar surface area (TPSA) is 75.7 Å². The third-order valence-electron chi connectivity index (χ3n) is 4.31. The van der Waals surface area contributed by atoms with Crippen LogP contribution < -0.4 is 9.50 Å². The van der Waals surface area contributed by atoms with Crippen LogP contribution in [-0.2, 0) is 23.1 Å². The van der Waals surface area contributed by atoms with Crippen molar-refractivity contribution in [3.8, 4) is 5.75 Å². The Morgan fingerprint density at radius 1 is 1.07 bits per heavy atom. The van der Waals surface area contributed by atoms with E-state index in [1.165, 1.54) is 6.92 Å². The van der Waals surface area contributed by atoms with Crippen LogP contribution in [0.25, 0.3) is 0 Å². The summed E-state index contributed by atoms with van der Waals surface area (Å²) in [5.41, 5.74) is 2.71. The van der Waals surface area contributed by atoms with Gasteiger partial charge in [-0.1, -0.05) is 45.0 Å². The molecule has 158 valence electrons. The number of nitrogens with zero attached hydrogens (tertiary/aromatic N) is 1. The second kappa shape index (κ2) is 10.3. The molecule has 0 aliphatic rings. The lowest BCUT2D eigenvalue weighted by Crippen LogP contribution is -2.37. The van der Waals surface area contributed by atoms with Crippen molar-refractivity contribution in [1.82, 2.24) is 4.90 Å². The molecule has 2 aromatic carbocycles. The fourth-order valence-electron chi connectivity index (χ4n) is 2.85. The molecule has 0 spiro atoms. The van der Waals surface area contributed by atoms with Crippen LogP contribution >= 0.6 is 0 Å². The molecule has 0 bridgehead atoms. The molecule has 2 rings (SSSR count). The van der Waals surface area contributed by atoms with E-state index in [4.69, 9.17) is 4.18 Å². The number of carbonyl (C=O) groups excluding carboxylic acids is 1. The largest absolute Gasteiger partial charge is 0.382 e. The Morgan fingerprint density at radius 3 is 2.41 bits per heavy atom. The summed E-state index contributed by atoms with van der Waals surface area (Å²) in [6.45, 7) is 8.61. The van der Waals surface area contributed by atoms with Gasteiger partial charge in [-0.15, -0.1) is 0 Å². The molecular weight excluding hydrogens is 388 g/mol. The average molecular weight is 419 g/mol.